The lowest BCUT2D eigenvalue weighted by molar-refractivity contribution is 0.565. The van der Waals surface area contributed by atoms with Crippen LogP contribution in [0.4, 0.5) is 5.69 Å². The second-order valence-electron chi connectivity index (χ2n) is 2.19. The molecule has 0 radical (unpaired) electrons. The summed E-state index contributed by atoms with van der Waals surface area (Å²) in [6, 6.07) is 5.69. The normalized spacial score (nSPS) is 8.91. The average Bonchev–Trinajstić information content (AvgIpc) is 1.85. The molecule has 0 aromatic heterocycles. The zero-order valence-corrected chi connectivity index (χ0v) is 8.12. The lowest BCUT2D eigenvalue weighted by Gasteiger charge is -1.95. The maximum absolute atomic E-state index is 9.90. The van der Waals surface area contributed by atoms with Crippen LogP contribution in [0.3, 0.4) is 0 Å². The van der Waals surface area contributed by atoms with E-state index in [0.717, 1.165) is 9.13 Å². The van der Waals surface area contributed by atoms with E-state index < -0.39 is 0 Å². The molecule has 0 saturated heterocycles. The summed E-state index contributed by atoms with van der Waals surface area (Å²) in [6.45, 7) is 1.96. The summed E-state index contributed by atoms with van der Waals surface area (Å²) in [5.74, 6) is 0. The predicted octanol–water partition coefficient (Wildman–Crippen LogP) is 2.57. The van der Waals surface area contributed by atoms with Crippen LogP contribution in [-0.2, 0) is 4.79 Å². The number of nitrogens with zero attached hydrogens (tertiary/aromatic N) is 1. The minimum atomic E-state index is 0.671. The Balaban J connectivity index is 3.18. The molecule has 0 atom stereocenters. The van der Waals surface area contributed by atoms with Crippen LogP contribution in [0.25, 0.3) is 0 Å². The molecule has 0 heterocycles. The number of hydrogen-bond acceptors (Lipinski definition) is 2. The highest BCUT2D eigenvalue weighted by Gasteiger charge is 1.93. The van der Waals surface area contributed by atoms with Gasteiger partial charge < -0.3 is 0 Å². The van der Waals surface area contributed by atoms with E-state index in [1.54, 1.807) is 0 Å². The van der Waals surface area contributed by atoms with Crippen LogP contribution in [0.1, 0.15) is 5.56 Å². The van der Waals surface area contributed by atoms with Crippen LogP contribution in [0.15, 0.2) is 23.2 Å². The Morgan fingerprint density at radius 3 is 2.73 bits per heavy atom. The minimum Gasteiger partial charge on any atom is -0.211 e. The minimum absolute atomic E-state index is 0.671. The summed E-state index contributed by atoms with van der Waals surface area (Å²) >= 11 is 2.18. The molecule has 2 nitrogen and oxygen atoms in total. The van der Waals surface area contributed by atoms with Crippen molar-refractivity contribution in [1.29, 1.82) is 0 Å². The molecule has 11 heavy (non-hydrogen) atoms. The van der Waals surface area contributed by atoms with Gasteiger partial charge in [-0.3, -0.25) is 0 Å². The van der Waals surface area contributed by atoms with Crippen molar-refractivity contribution >= 4 is 34.4 Å². The molecule has 0 fully saturated rings. The van der Waals surface area contributed by atoms with Crippen LogP contribution in [0, 0.1) is 10.5 Å². The van der Waals surface area contributed by atoms with Gasteiger partial charge in [-0.15, -0.1) is 0 Å². The van der Waals surface area contributed by atoms with Gasteiger partial charge in [0.1, 0.15) is 0 Å². The number of halogens is 1. The van der Waals surface area contributed by atoms with Gasteiger partial charge in [0.15, 0.2) is 0 Å². The van der Waals surface area contributed by atoms with Crippen LogP contribution < -0.4 is 0 Å². The number of aryl methyl sites for hydroxylation is 1. The first-order valence-corrected chi connectivity index (χ1v) is 4.15. The second kappa shape index (κ2) is 3.64. The van der Waals surface area contributed by atoms with Crippen LogP contribution in [0.2, 0.25) is 0 Å². The van der Waals surface area contributed by atoms with Crippen LogP contribution >= 0.6 is 22.6 Å². The molecular weight excluding hydrogens is 253 g/mol. The smallest absolute Gasteiger partial charge is 0.211 e. The molecule has 0 N–H and O–H groups in total. The van der Waals surface area contributed by atoms with Crippen molar-refractivity contribution in [3.8, 4) is 0 Å². The zero-order chi connectivity index (χ0) is 8.27. The van der Waals surface area contributed by atoms with Crippen molar-refractivity contribution in [2.24, 2.45) is 4.99 Å². The molecule has 0 unspecified atom stereocenters. The fourth-order valence-corrected chi connectivity index (χ4v) is 1.64. The fraction of sp³-hybridized carbons (Fsp3) is 0.125. The third-order valence-electron chi connectivity index (χ3n) is 1.20. The second-order valence-corrected chi connectivity index (χ2v) is 3.44. The van der Waals surface area contributed by atoms with Gasteiger partial charge in [0.2, 0.25) is 6.08 Å². The Hall–Kier alpha value is -0.670. The topological polar surface area (TPSA) is 29.4 Å². The molecule has 0 aliphatic heterocycles. The van der Waals surface area contributed by atoms with Gasteiger partial charge in [-0.2, -0.15) is 4.99 Å². The SMILES string of the molecule is Cc1cc(I)cc(N=C=O)c1. The first-order chi connectivity index (χ1) is 5.22. The van der Waals surface area contributed by atoms with Gasteiger partial charge in [0.25, 0.3) is 0 Å². The predicted molar refractivity (Wildman–Crippen MR) is 51.7 cm³/mol. The van der Waals surface area contributed by atoms with Gasteiger partial charge in [-0.05, 0) is 53.3 Å². The monoisotopic (exact) mass is 259 g/mol. The van der Waals surface area contributed by atoms with Gasteiger partial charge in [-0.25, -0.2) is 4.79 Å². The molecule has 0 aliphatic carbocycles. The molecule has 0 saturated carbocycles. The van der Waals surface area contributed by atoms with E-state index in [9.17, 15) is 4.79 Å². The molecule has 1 aromatic rings. The molecule has 1 aromatic carbocycles. The number of aliphatic imine (C=N–C) groups is 1. The summed E-state index contributed by atoms with van der Waals surface area (Å²) in [5.41, 5.74) is 1.77. The molecule has 1 rings (SSSR count). The summed E-state index contributed by atoms with van der Waals surface area (Å²) in [5, 5.41) is 0. The van der Waals surface area contributed by atoms with Crippen molar-refractivity contribution in [3.05, 3.63) is 27.3 Å². The summed E-state index contributed by atoms with van der Waals surface area (Å²) in [4.78, 5) is 13.4. The molecule has 0 aliphatic rings. The van der Waals surface area contributed by atoms with Gasteiger partial charge in [-0.1, -0.05) is 0 Å². The zero-order valence-electron chi connectivity index (χ0n) is 5.97. The Morgan fingerprint density at radius 1 is 1.45 bits per heavy atom. The van der Waals surface area contributed by atoms with Crippen molar-refractivity contribution in [3.63, 3.8) is 0 Å². The lowest BCUT2D eigenvalue weighted by Crippen LogP contribution is -1.74. The first-order valence-electron chi connectivity index (χ1n) is 3.07. The van der Waals surface area contributed by atoms with E-state index in [1.807, 2.05) is 25.1 Å². The van der Waals surface area contributed by atoms with Crippen molar-refractivity contribution in [2.45, 2.75) is 6.92 Å². The molecule has 0 spiro atoms. The molecule has 0 amide bonds. The number of carbonyl (C=O) groups excluding carboxylic acids is 1. The molecule has 3 heteroatoms. The molecule has 56 valence electrons. The Morgan fingerprint density at radius 2 is 2.18 bits per heavy atom. The van der Waals surface area contributed by atoms with E-state index in [-0.39, 0.29) is 0 Å². The fourth-order valence-electron chi connectivity index (χ4n) is 0.834. The molecular formula is C8H6INO. The third-order valence-corrected chi connectivity index (χ3v) is 1.82. The average molecular weight is 259 g/mol. The van der Waals surface area contributed by atoms with Crippen molar-refractivity contribution in [2.75, 3.05) is 0 Å². The molecule has 0 bridgehead atoms. The van der Waals surface area contributed by atoms with Crippen LogP contribution in [-0.4, -0.2) is 6.08 Å². The standard InChI is InChI=1S/C8H6INO/c1-6-2-7(9)4-8(3-6)10-5-11/h2-4H,1H3. The van der Waals surface area contributed by atoms with E-state index in [2.05, 4.69) is 27.6 Å². The highest BCUT2D eigenvalue weighted by Crippen LogP contribution is 2.17. The largest absolute Gasteiger partial charge is 0.240 e. The van der Waals surface area contributed by atoms with Gasteiger partial charge in [0, 0.05) is 3.57 Å². The lowest BCUT2D eigenvalue weighted by atomic mass is 10.2. The van der Waals surface area contributed by atoms with E-state index in [0.29, 0.717) is 5.69 Å². The van der Waals surface area contributed by atoms with Crippen molar-refractivity contribution < 1.29 is 4.79 Å². The maximum Gasteiger partial charge on any atom is 0.240 e. The first kappa shape index (κ1) is 8.43. The summed E-state index contributed by atoms with van der Waals surface area (Å²) in [6.07, 6.45) is 1.51. The highest BCUT2D eigenvalue weighted by molar-refractivity contribution is 14.1. The Bertz CT molecular complexity index is 296. The quantitative estimate of drug-likeness (QED) is 0.433. The maximum atomic E-state index is 9.90. The van der Waals surface area contributed by atoms with Crippen molar-refractivity contribution in [1.82, 2.24) is 0 Å². The Labute approximate surface area is 78.5 Å². The van der Waals surface area contributed by atoms with E-state index >= 15 is 0 Å². The van der Waals surface area contributed by atoms with Gasteiger partial charge >= 0.3 is 0 Å². The van der Waals surface area contributed by atoms with Gasteiger partial charge in [0.05, 0.1) is 5.69 Å². The summed E-state index contributed by atoms with van der Waals surface area (Å²) < 4.78 is 1.08. The number of isocyanates is 1. The van der Waals surface area contributed by atoms with E-state index in [4.69, 9.17) is 0 Å². The Kier molecular flexibility index (Phi) is 2.79. The van der Waals surface area contributed by atoms with Crippen LogP contribution in [0.5, 0.6) is 0 Å². The number of benzene rings is 1. The number of hydrogen-bond donors (Lipinski definition) is 0. The third kappa shape index (κ3) is 2.44. The number of rotatable bonds is 1. The summed E-state index contributed by atoms with van der Waals surface area (Å²) in [7, 11) is 0. The highest BCUT2D eigenvalue weighted by atomic mass is 127. The van der Waals surface area contributed by atoms with E-state index in [1.165, 1.54) is 6.08 Å².